The number of rotatable bonds is 5. The Kier molecular flexibility index (Phi) is 4.62. The van der Waals surface area contributed by atoms with E-state index >= 15 is 0 Å². The van der Waals surface area contributed by atoms with Crippen LogP contribution in [0.3, 0.4) is 0 Å². The van der Waals surface area contributed by atoms with Crippen molar-refractivity contribution in [3.05, 3.63) is 54.3 Å². The highest BCUT2D eigenvalue weighted by Crippen LogP contribution is 2.26. The molecule has 2 aromatic heterocycles. The third-order valence-electron chi connectivity index (χ3n) is 3.95. The number of amides is 1. The fraction of sp³-hybridized carbons (Fsp3) is 0.263. The zero-order chi connectivity index (χ0) is 17.1. The Hall–Kier alpha value is -2.66. The predicted molar refractivity (Wildman–Crippen MR) is 92.7 cm³/mol. The molecule has 5 nitrogen and oxygen atoms in total. The van der Waals surface area contributed by atoms with E-state index in [4.69, 9.17) is 4.42 Å². The van der Waals surface area contributed by atoms with Crippen LogP contribution >= 0.6 is 0 Å². The first-order chi connectivity index (χ1) is 11.6. The molecule has 24 heavy (non-hydrogen) atoms. The normalized spacial score (nSPS) is 12.3. The first-order valence-electron chi connectivity index (χ1n) is 7.93. The Bertz CT molecular complexity index is 841. The summed E-state index contributed by atoms with van der Waals surface area (Å²) in [4.78, 5) is 19.1. The highest BCUT2D eigenvalue weighted by Gasteiger charge is 2.18. The second-order valence-electron chi connectivity index (χ2n) is 5.91. The molecular formula is C19H20N2O3. The first-order valence-corrected chi connectivity index (χ1v) is 7.93. The highest BCUT2D eigenvalue weighted by molar-refractivity contribution is 6.07. The van der Waals surface area contributed by atoms with Crippen molar-refractivity contribution in [3.63, 3.8) is 0 Å². The number of aromatic nitrogens is 1. The first kappa shape index (κ1) is 16.2. The molecule has 0 fully saturated rings. The lowest BCUT2D eigenvalue weighted by Crippen LogP contribution is -2.29. The number of pyridine rings is 1. The van der Waals surface area contributed by atoms with Crippen molar-refractivity contribution in [2.75, 3.05) is 13.6 Å². The summed E-state index contributed by atoms with van der Waals surface area (Å²) in [5.41, 5.74) is 1.96. The molecule has 1 N–H and O–H groups in total. The maximum Gasteiger partial charge on any atom is 0.254 e. The summed E-state index contributed by atoms with van der Waals surface area (Å²) in [7, 11) is 1.74. The number of hydrogen-bond donors (Lipinski definition) is 1. The van der Waals surface area contributed by atoms with Crippen LogP contribution in [0.1, 0.15) is 23.7 Å². The number of carbonyl (C=O) groups excluding carboxylic acids is 1. The van der Waals surface area contributed by atoms with Gasteiger partial charge in [0.15, 0.2) is 5.76 Å². The lowest BCUT2D eigenvalue weighted by molar-refractivity contribution is 0.0771. The third-order valence-corrected chi connectivity index (χ3v) is 3.95. The van der Waals surface area contributed by atoms with Crippen molar-refractivity contribution >= 4 is 16.8 Å². The van der Waals surface area contributed by atoms with Crippen molar-refractivity contribution in [1.82, 2.24) is 9.88 Å². The lowest BCUT2D eigenvalue weighted by atomic mass is 10.1. The van der Waals surface area contributed by atoms with Gasteiger partial charge in [0.1, 0.15) is 5.69 Å². The van der Waals surface area contributed by atoms with E-state index in [1.165, 1.54) is 0 Å². The number of hydrogen-bond acceptors (Lipinski definition) is 4. The van der Waals surface area contributed by atoms with E-state index in [0.717, 1.165) is 10.9 Å². The number of aliphatic hydroxyl groups excluding tert-OH is 1. The van der Waals surface area contributed by atoms with E-state index in [1.54, 1.807) is 37.3 Å². The zero-order valence-corrected chi connectivity index (χ0v) is 13.8. The number of aliphatic hydroxyl groups is 1. The Morgan fingerprint density at radius 3 is 2.79 bits per heavy atom. The molecule has 3 aromatic rings. The van der Waals surface area contributed by atoms with Gasteiger partial charge < -0.3 is 14.4 Å². The van der Waals surface area contributed by atoms with Crippen LogP contribution in [-0.4, -0.2) is 40.6 Å². The smallest absolute Gasteiger partial charge is 0.254 e. The van der Waals surface area contributed by atoms with Gasteiger partial charge in [0, 0.05) is 19.0 Å². The standard InChI is InChI=1S/C19H20N2O3/c1-13(22)9-10-21(2)19(23)15-12-17(18-8-5-11-24-18)20-16-7-4-3-6-14(15)16/h3-8,11-13,22H,9-10H2,1-2H3. The molecule has 0 radical (unpaired) electrons. The lowest BCUT2D eigenvalue weighted by Gasteiger charge is -2.19. The highest BCUT2D eigenvalue weighted by atomic mass is 16.3. The minimum Gasteiger partial charge on any atom is -0.463 e. The van der Waals surface area contributed by atoms with Crippen LogP contribution in [0.5, 0.6) is 0 Å². The van der Waals surface area contributed by atoms with Gasteiger partial charge in [-0.25, -0.2) is 4.98 Å². The van der Waals surface area contributed by atoms with E-state index in [2.05, 4.69) is 4.98 Å². The minimum absolute atomic E-state index is 0.0953. The Labute approximate surface area is 140 Å². The zero-order valence-electron chi connectivity index (χ0n) is 13.8. The van der Waals surface area contributed by atoms with Gasteiger partial charge in [0.05, 0.1) is 23.4 Å². The van der Waals surface area contributed by atoms with Crippen molar-refractivity contribution < 1.29 is 14.3 Å². The molecule has 2 heterocycles. The molecule has 5 heteroatoms. The van der Waals surface area contributed by atoms with E-state index < -0.39 is 6.10 Å². The van der Waals surface area contributed by atoms with Crippen LogP contribution in [0.15, 0.2) is 53.1 Å². The Balaban J connectivity index is 2.03. The molecule has 3 rings (SSSR count). The summed E-state index contributed by atoms with van der Waals surface area (Å²) in [6.45, 7) is 2.21. The number of benzene rings is 1. The molecule has 1 unspecified atom stereocenters. The fourth-order valence-electron chi connectivity index (χ4n) is 2.59. The molecule has 1 atom stereocenters. The molecule has 1 aromatic carbocycles. The Morgan fingerprint density at radius 1 is 1.29 bits per heavy atom. The number of carbonyl (C=O) groups is 1. The van der Waals surface area contributed by atoms with Crippen LogP contribution in [-0.2, 0) is 0 Å². The van der Waals surface area contributed by atoms with Gasteiger partial charge in [-0.05, 0) is 37.6 Å². The fourth-order valence-corrected chi connectivity index (χ4v) is 2.59. The SMILES string of the molecule is CC(O)CCN(C)C(=O)c1cc(-c2ccco2)nc2ccccc12. The summed E-state index contributed by atoms with van der Waals surface area (Å²) < 4.78 is 5.42. The van der Waals surface area contributed by atoms with Crippen molar-refractivity contribution in [1.29, 1.82) is 0 Å². The van der Waals surface area contributed by atoms with Gasteiger partial charge >= 0.3 is 0 Å². The summed E-state index contributed by atoms with van der Waals surface area (Å²) in [5.74, 6) is 0.531. The monoisotopic (exact) mass is 324 g/mol. The van der Waals surface area contributed by atoms with Gasteiger partial charge in [-0.3, -0.25) is 4.79 Å². The number of nitrogens with zero attached hydrogens (tertiary/aromatic N) is 2. The van der Waals surface area contributed by atoms with Crippen LogP contribution in [0.25, 0.3) is 22.4 Å². The summed E-state index contributed by atoms with van der Waals surface area (Å²) in [5, 5.41) is 10.2. The number of furan rings is 1. The second kappa shape index (κ2) is 6.84. The second-order valence-corrected chi connectivity index (χ2v) is 5.91. The van der Waals surface area contributed by atoms with Crippen LogP contribution in [0, 0.1) is 0 Å². The summed E-state index contributed by atoms with van der Waals surface area (Å²) >= 11 is 0. The summed E-state index contributed by atoms with van der Waals surface area (Å²) in [6, 6.07) is 12.9. The summed E-state index contributed by atoms with van der Waals surface area (Å²) in [6.07, 6.45) is 1.69. The van der Waals surface area contributed by atoms with E-state index in [1.807, 2.05) is 30.3 Å². The Morgan fingerprint density at radius 2 is 2.08 bits per heavy atom. The molecule has 0 saturated carbocycles. The van der Waals surface area contributed by atoms with Crippen molar-refractivity contribution in [2.24, 2.45) is 0 Å². The average Bonchev–Trinajstić information content (AvgIpc) is 3.12. The molecule has 0 bridgehead atoms. The topological polar surface area (TPSA) is 66.6 Å². The molecule has 1 amide bonds. The molecular weight excluding hydrogens is 304 g/mol. The van der Waals surface area contributed by atoms with Crippen molar-refractivity contribution in [2.45, 2.75) is 19.4 Å². The van der Waals surface area contributed by atoms with E-state index in [-0.39, 0.29) is 5.91 Å². The van der Waals surface area contributed by atoms with Gasteiger partial charge in [0.25, 0.3) is 5.91 Å². The number of para-hydroxylation sites is 1. The minimum atomic E-state index is -0.437. The van der Waals surface area contributed by atoms with Gasteiger partial charge in [-0.15, -0.1) is 0 Å². The van der Waals surface area contributed by atoms with Crippen LogP contribution in [0.2, 0.25) is 0 Å². The molecule has 0 aliphatic carbocycles. The molecule has 0 aliphatic heterocycles. The van der Waals surface area contributed by atoms with Crippen molar-refractivity contribution in [3.8, 4) is 11.5 Å². The predicted octanol–water partition coefficient (Wildman–Crippen LogP) is 3.34. The quantitative estimate of drug-likeness (QED) is 0.781. The molecule has 0 saturated heterocycles. The maximum atomic E-state index is 12.9. The average molecular weight is 324 g/mol. The third kappa shape index (κ3) is 3.31. The van der Waals surface area contributed by atoms with Gasteiger partial charge in [-0.1, -0.05) is 18.2 Å². The largest absolute Gasteiger partial charge is 0.463 e. The molecule has 0 spiro atoms. The molecule has 124 valence electrons. The van der Waals surface area contributed by atoms with Gasteiger partial charge in [-0.2, -0.15) is 0 Å². The number of fused-ring (bicyclic) bond motifs is 1. The van der Waals surface area contributed by atoms with Gasteiger partial charge in [0.2, 0.25) is 0 Å². The van der Waals surface area contributed by atoms with E-state index in [9.17, 15) is 9.90 Å². The van der Waals surface area contributed by atoms with Crippen LogP contribution in [0.4, 0.5) is 0 Å². The maximum absolute atomic E-state index is 12.9. The van der Waals surface area contributed by atoms with E-state index in [0.29, 0.717) is 30.0 Å². The van der Waals surface area contributed by atoms with Crippen LogP contribution < -0.4 is 0 Å². The molecule has 0 aliphatic rings.